The van der Waals surface area contributed by atoms with Crippen molar-refractivity contribution in [3.05, 3.63) is 18.6 Å². The normalized spacial score (nSPS) is 26.5. The molecule has 0 spiro atoms. The second kappa shape index (κ2) is 8.55. The van der Waals surface area contributed by atoms with Crippen LogP contribution in [0.1, 0.15) is 64.2 Å². The number of carbonyl (C=O) groups excluding carboxylic acids is 1. The molecule has 1 aromatic rings. The smallest absolute Gasteiger partial charge is 0.240 e. The van der Waals surface area contributed by atoms with Crippen LogP contribution in [0.5, 0.6) is 0 Å². The van der Waals surface area contributed by atoms with Gasteiger partial charge in [-0.15, -0.1) is 0 Å². The van der Waals surface area contributed by atoms with Gasteiger partial charge < -0.3 is 10.2 Å². The summed E-state index contributed by atoms with van der Waals surface area (Å²) in [5.41, 5.74) is -0.256. The van der Waals surface area contributed by atoms with Crippen molar-refractivity contribution in [1.82, 2.24) is 20.2 Å². The maximum absolute atomic E-state index is 13.5. The molecule has 1 aromatic heterocycles. The average molecular weight is 372 g/mol. The molecule has 148 valence electrons. The molecule has 4 rings (SSSR count). The molecule has 3 aliphatic rings. The Morgan fingerprint density at radius 3 is 2.52 bits per heavy atom. The van der Waals surface area contributed by atoms with E-state index in [4.69, 9.17) is 0 Å². The molecule has 1 amide bonds. The lowest BCUT2D eigenvalue weighted by Gasteiger charge is -2.47. The van der Waals surface area contributed by atoms with Crippen LogP contribution >= 0.6 is 0 Å². The Hall–Kier alpha value is -1.69. The molecular weight excluding hydrogens is 338 g/mol. The van der Waals surface area contributed by atoms with Gasteiger partial charge in [0.05, 0.1) is 6.20 Å². The maximum atomic E-state index is 13.5. The van der Waals surface area contributed by atoms with Crippen LogP contribution < -0.4 is 10.2 Å². The number of nitrogens with zero attached hydrogens (tertiary/aromatic N) is 4. The van der Waals surface area contributed by atoms with Crippen molar-refractivity contribution in [2.45, 2.75) is 75.8 Å². The van der Waals surface area contributed by atoms with Gasteiger partial charge in [-0.1, -0.05) is 25.7 Å². The largest absolute Gasteiger partial charge is 0.353 e. The molecule has 2 saturated heterocycles. The summed E-state index contributed by atoms with van der Waals surface area (Å²) >= 11 is 0. The first kappa shape index (κ1) is 18.7. The van der Waals surface area contributed by atoms with E-state index in [1.54, 1.807) is 12.4 Å². The molecule has 6 nitrogen and oxygen atoms in total. The number of nitrogens with one attached hydrogen (secondary N) is 1. The number of anilines is 1. The van der Waals surface area contributed by atoms with Crippen molar-refractivity contribution in [1.29, 1.82) is 0 Å². The SMILES string of the molecule is O=C(NC1CCCN(c2cnccn2)C1)C1(N2CCCCC2)CCCCC1. The summed E-state index contributed by atoms with van der Waals surface area (Å²) in [7, 11) is 0. The summed E-state index contributed by atoms with van der Waals surface area (Å²) in [6.45, 7) is 4.00. The molecule has 1 saturated carbocycles. The minimum absolute atomic E-state index is 0.205. The van der Waals surface area contributed by atoms with Gasteiger partial charge in [0, 0.05) is 31.5 Å². The predicted octanol–water partition coefficient (Wildman–Crippen LogP) is 2.75. The summed E-state index contributed by atoms with van der Waals surface area (Å²) in [4.78, 5) is 26.9. The second-order valence-corrected chi connectivity index (χ2v) is 8.46. The van der Waals surface area contributed by atoms with Gasteiger partial charge >= 0.3 is 0 Å². The highest BCUT2D eigenvalue weighted by Gasteiger charge is 2.45. The van der Waals surface area contributed by atoms with Gasteiger partial charge in [-0.25, -0.2) is 4.98 Å². The Kier molecular flexibility index (Phi) is 5.91. The number of aromatic nitrogens is 2. The van der Waals surface area contributed by atoms with Crippen molar-refractivity contribution < 1.29 is 4.79 Å². The van der Waals surface area contributed by atoms with Crippen molar-refractivity contribution in [3.8, 4) is 0 Å². The molecule has 0 bridgehead atoms. The van der Waals surface area contributed by atoms with E-state index in [1.807, 2.05) is 6.20 Å². The lowest BCUT2D eigenvalue weighted by Crippen LogP contribution is -2.63. The van der Waals surface area contributed by atoms with Crippen LogP contribution in [0.2, 0.25) is 0 Å². The Morgan fingerprint density at radius 2 is 1.78 bits per heavy atom. The van der Waals surface area contributed by atoms with E-state index in [1.165, 1.54) is 38.5 Å². The van der Waals surface area contributed by atoms with Crippen LogP contribution in [0.25, 0.3) is 0 Å². The van der Waals surface area contributed by atoms with E-state index in [0.29, 0.717) is 0 Å². The highest BCUT2D eigenvalue weighted by Crippen LogP contribution is 2.36. The molecule has 1 aliphatic carbocycles. The molecule has 6 heteroatoms. The van der Waals surface area contributed by atoms with Crippen molar-refractivity contribution >= 4 is 11.7 Å². The summed E-state index contributed by atoms with van der Waals surface area (Å²) in [6, 6.07) is 0.205. The fourth-order valence-electron chi connectivity index (χ4n) is 5.22. The zero-order chi connectivity index (χ0) is 18.5. The van der Waals surface area contributed by atoms with Gasteiger partial charge in [-0.3, -0.25) is 14.7 Å². The molecule has 1 unspecified atom stereocenters. The molecule has 1 N–H and O–H groups in total. The van der Waals surface area contributed by atoms with Gasteiger partial charge in [0.25, 0.3) is 0 Å². The zero-order valence-corrected chi connectivity index (χ0v) is 16.4. The van der Waals surface area contributed by atoms with Crippen LogP contribution in [0.4, 0.5) is 5.82 Å². The molecule has 3 heterocycles. The maximum Gasteiger partial charge on any atom is 0.240 e. The van der Waals surface area contributed by atoms with Crippen molar-refractivity contribution in [2.75, 3.05) is 31.1 Å². The third-order valence-corrected chi connectivity index (χ3v) is 6.69. The van der Waals surface area contributed by atoms with Crippen LogP contribution in [-0.4, -0.2) is 58.5 Å². The van der Waals surface area contributed by atoms with Crippen LogP contribution in [0.15, 0.2) is 18.6 Å². The third-order valence-electron chi connectivity index (χ3n) is 6.69. The topological polar surface area (TPSA) is 61.4 Å². The second-order valence-electron chi connectivity index (χ2n) is 8.46. The van der Waals surface area contributed by atoms with Crippen LogP contribution in [0.3, 0.4) is 0 Å². The summed E-state index contributed by atoms with van der Waals surface area (Å²) in [5, 5.41) is 3.46. The van der Waals surface area contributed by atoms with Crippen molar-refractivity contribution in [3.63, 3.8) is 0 Å². The van der Waals surface area contributed by atoms with Gasteiger partial charge in [0.2, 0.25) is 5.91 Å². The highest BCUT2D eigenvalue weighted by molar-refractivity contribution is 5.86. The van der Waals surface area contributed by atoms with E-state index in [-0.39, 0.29) is 17.5 Å². The Balaban J connectivity index is 1.44. The van der Waals surface area contributed by atoms with Crippen LogP contribution in [-0.2, 0) is 4.79 Å². The monoisotopic (exact) mass is 371 g/mol. The standard InChI is InChI=1S/C21H33N5O/c27-20(21(9-3-1-4-10-21)26-14-5-2-6-15-26)24-18-8-7-13-25(17-18)19-16-22-11-12-23-19/h11-12,16,18H,1-10,13-15,17H2,(H,24,27). The van der Waals surface area contributed by atoms with Gasteiger partial charge in [0.1, 0.15) is 11.4 Å². The fourth-order valence-corrected chi connectivity index (χ4v) is 5.22. The minimum Gasteiger partial charge on any atom is -0.353 e. The summed E-state index contributed by atoms with van der Waals surface area (Å²) in [6.07, 6.45) is 16.9. The first-order valence-corrected chi connectivity index (χ1v) is 10.8. The number of rotatable bonds is 4. The highest BCUT2D eigenvalue weighted by atomic mass is 16.2. The zero-order valence-electron chi connectivity index (χ0n) is 16.4. The Bertz CT molecular complexity index is 610. The first-order chi connectivity index (χ1) is 13.3. The van der Waals surface area contributed by atoms with E-state index in [0.717, 1.165) is 57.7 Å². The van der Waals surface area contributed by atoms with Crippen molar-refractivity contribution in [2.24, 2.45) is 0 Å². The number of piperidine rings is 2. The molecule has 27 heavy (non-hydrogen) atoms. The third kappa shape index (κ3) is 4.10. The van der Waals surface area contributed by atoms with Crippen LogP contribution in [0, 0.1) is 0 Å². The number of likely N-dealkylation sites (tertiary alicyclic amines) is 1. The quantitative estimate of drug-likeness (QED) is 0.882. The molecule has 3 fully saturated rings. The Morgan fingerprint density at radius 1 is 1.00 bits per heavy atom. The predicted molar refractivity (Wildman–Crippen MR) is 107 cm³/mol. The summed E-state index contributed by atoms with van der Waals surface area (Å²) in [5.74, 6) is 1.20. The number of hydrogen-bond acceptors (Lipinski definition) is 5. The van der Waals surface area contributed by atoms with E-state index in [9.17, 15) is 4.79 Å². The molecule has 2 aliphatic heterocycles. The number of carbonyl (C=O) groups is 1. The molecule has 1 atom stereocenters. The minimum atomic E-state index is -0.256. The molecule has 0 aromatic carbocycles. The van der Waals surface area contributed by atoms with E-state index in [2.05, 4.69) is 25.1 Å². The molecular formula is C21H33N5O. The number of amides is 1. The number of hydrogen-bond donors (Lipinski definition) is 1. The van der Waals surface area contributed by atoms with E-state index >= 15 is 0 Å². The lowest BCUT2D eigenvalue weighted by atomic mass is 9.78. The molecule has 0 radical (unpaired) electrons. The Labute approximate surface area is 162 Å². The van der Waals surface area contributed by atoms with Gasteiger partial charge in [-0.2, -0.15) is 0 Å². The average Bonchev–Trinajstić information content (AvgIpc) is 2.75. The van der Waals surface area contributed by atoms with Gasteiger partial charge in [0.15, 0.2) is 0 Å². The first-order valence-electron chi connectivity index (χ1n) is 10.8. The van der Waals surface area contributed by atoms with E-state index < -0.39 is 0 Å². The van der Waals surface area contributed by atoms with Gasteiger partial charge in [-0.05, 0) is 51.6 Å². The lowest BCUT2D eigenvalue weighted by molar-refractivity contribution is -0.138. The summed E-state index contributed by atoms with van der Waals surface area (Å²) < 4.78 is 0. The fraction of sp³-hybridized carbons (Fsp3) is 0.762.